The largest absolute Gasteiger partial charge is 0.313 e. The topological polar surface area (TPSA) is 23.9 Å². The number of nitrogens with one attached hydrogen (secondary N) is 1. The van der Waals surface area contributed by atoms with Crippen LogP contribution < -0.4 is 0 Å². The van der Waals surface area contributed by atoms with E-state index in [2.05, 4.69) is 41.5 Å². The molecule has 3 saturated carbocycles. The van der Waals surface area contributed by atoms with Crippen molar-refractivity contribution in [3.63, 3.8) is 0 Å². The second kappa shape index (κ2) is 3.59. The maximum absolute atomic E-state index is 7.26. The Morgan fingerprint density at radius 3 is 2.24 bits per heavy atom. The number of fused-ring (bicyclic) bond motifs is 1. The molecule has 4 unspecified atom stereocenters. The first-order chi connectivity index (χ1) is 7.69. The van der Waals surface area contributed by atoms with Crippen LogP contribution in [-0.2, 0) is 0 Å². The highest BCUT2D eigenvalue weighted by Crippen LogP contribution is 2.79. The molecule has 0 aromatic rings. The third kappa shape index (κ3) is 1.40. The summed E-state index contributed by atoms with van der Waals surface area (Å²) in [5, 5.41) is 7.26. The Hall–Kier alpha value is -0.330. The molecule has 4 atom stereocenters. The molecular weight excluding hydrogens is 206 g/mol. The average molecular weight is 235 g/mol. The van der Waals surface area contributed by atoms with Gasteiger partial charge < -0.3 is 5.41 Å². The van der Waals surface area contributed by atoms with Crippen molar-refractivity contribution in [2.45, 2.75) is 60.8 Å². The monoisotopic (exact) mass is 235 g/mol. The molecule has 0 saturated heterocycles. The van der Waals surface area contributed by atoms with Crippen molar-refractivity contribution in [1.82, 2.24) is 0 Å². The molecule has 0 aromatic carbocycles. The molecule has 98 valence electrons. The number of rotatable bonds is 4. The van der Waals surface area contributed by atoms with E-state index in [1.54, 1.807) is 6.21 Å². The van der Waals surface area contributed by atoms with Gasteiger partial charge in [0.05, 0.1) is 0 Å². The quantitative estimate of drug-likeness (QED) is 0.679. The third-order valence-electron chi connectivity index (χ3n) is 6.77. The zero-order chi connectivity index (χ0) is 13.1. The summed E-state index contributed by atoms with van der Waals surface area (Å²) in [5.41, 5.74) is 1.44. The van der Waals surface area contributed by atoms with Gasteiger partial charge in [0.15, 0.2) is 0 Å². The van der Waals surface area contributed by atoms with Crippen LogP contribution in [-0.4, -0.2) is 6.21 Å². The molecule has 1 nitrogen and oxygen atoms in total. The molecule has 0 aromatic heterocycles. The molecule has 2 bridgehead atoms. The zero-order valence-electron chi connectivity index (χ0n) is 12.4. The number of hydrogen-bond donors (Lipinski definition) is 1. The summed E-state index contributed by atoms with van der Waals surface area (Å²) >= 11 is 0. The van der Waals surface area contributed by atoms with Crippen LogP contribution in [0.4, 0.5) is 0 Å². The Morgan fingerprint density at radius 2 is 1.88 bits per heavy atom. The van der Waals surface area contributed by atoms with E-state index in [9.17, 15) is 0 Å². The van der Waals surface area contributed by atoms with Crippen molar-refractivity contribution in [3.05, 3.63) is 0 Å². The van der Waals surface area contributed by atoms with Crippen molar-refractivity contribution in [3.8, 4) is 0 Å². The minimum Gasteiger partial charge on any atom is -0.313 e. The summed E-state index contributed by atoms with van der Waals surface area (Å²) in [7, 11) is 0. The van der Waals surface area contributed by atoms with E-state index in [0.29, 0.717) is 16.2 Å². The van der Waals surface area contributed by atoms with E-state index >= 15 is 0 Å². The third-order valence-corrected chi connectivity index (χ3v) is 6.77. The predicted octanol–water partition coefficient (Wildman–Crippen LogP) is 4.76. The van der Waals surface area contributed by atoms with Crippen molar-refractivity contribution in [1.29, 1.82) is 5.41 Å². The lowest BCUT2D eigenvalue weighted by atomic mass is 9.38. The van der Waals surface area contributed by atoms with E-state index < -0.39 is 0 Å². The summed E-state index contributed by atoms with van der Waals surface area (Å²) < 4.78 is 0. The van der Waals surface area contributed by atoms with Gasteiger partial charge in [0, 0.05) is 0 Å². The number of hydrogen-bond acceptors (Lipinski definition) is 1. The van der Waals surface area contributed by atoms with Gasteiger partial charge in [-0.15, -0.1) is 0 Å². The fraction of sp³-hybridized carbons (Fsp3) is 0.938. The molecule has 0 heterocycles. The van der Waals surface area contributed by atoms with E-state index in [1.807, 2.05) is 0 Å². The molecule has 0 aliphatic heterocycles. The van der Waals surface area contributed by atoms with Gasteiger partial charge in [-0.3, -0.25) is 0 Å². The zero-order valence-corrected chi connectivity index (χ0v) is 12.4. The molecule has 1 N–H and O–H groups in total. The van der Waals surface area contributed by atoms with Gasteiger partial charge >= 0.3 is 0 Å². The maximum Gasteiger partial charge on any atom is -0.00475 e. The van der Waals surface area contributed by atoms with Crippen molar-refractivity contribution < 1.29 is 0 Å². The normalized spacial score (nSPS) is 43.3. The van der Waals surface area contributed by atoms with Crippen LogP contribution in [0.2, 0.25) is 0 Å². The molecule has 1 heteroatoms. The van der Waals surface area contributed by atoms with Crippen LogP contribution in [0.25, 0.3) is 0 Å². The summed E-state index contributed by atoms with van der Waals surface area (Å²) in [5.74, 6) is 2.63. The second-order valence-electron chi connectivity index (χ2n) is 7.96. The SMILES string of the molecule is CC1CC2C(C(C)(C)CCC=N)C1(C)C2(C)C. The van der Waals surface area contributed by atoms with Gasteiger partial charge in [-0.2, -0.15) is 0 Å². The fourth-order valence-electron chi connectivity index (χ4n) is 5.49. The van der Waals surface area contributed by atoms with Crippen LogP contribution in [0.5, 0.6) is 0 Å². The van der Waals surface area contributed by atoms with E-state index in [0.717, 1.165) is 24.2 Å². The Kier molecular flexibility index (Phi) is 2.76. The van der Waals surface area contributed by atoms with Gasteiger partial charge in [-0.05, 0) is 59.5 Å². The smallest absolute Gasteiger partial charge is 0.00475 e. The lowest BCUT2D eigenvalue weighted by molar-refractivity contribution is -0.182. The molecule has 3 rings (SSSR count). The molecule has 3 fully saturated rings. The van der Waals surface area contributed by atoms with E-state index in [-0.39, 0.29) is 0 Å². The Morgan fingerprint density at radius 1 is 1.29 bits per heavy atom. The molecule has 0 spiro atoms. The highest BCUT2D eigenvalue weighted by molar-refractivity contribution is 5.52. The van der Waals surface area contributed by atoms with Gasteiger partial charge in [0.2, 0.25) is 0 Å². The lowest BCUT2D eigenvalue weighted by Crippen LogP contribution is -2.61. The predicted molar refractivity (Wildman–Crippen MR) is 74.4 cm³/mol. The van der Waals surface area contributed by atoms with Gasteiger partial charge in [0.1, 0.15) is 0 Å². The lowest BCUT2D eigenvalue weighted by Gasteiger charge is -2.66. The van der Waals surface area contributed by atoms with Crippen LogP contribution in [0.15, 0.2) is 0 Å². The van der Waals surface area contributed by atoms with Crippen molar-refractivity contribution in [2.24, 2.45) is 34.0 Å². The summed E-state index contributed by atoms with van der Waals surface area (Å²) in [6, 6.07) is 0. The van der Waals surface area contributed by atoms with Gasteiger partial charge in [-0.1, -0.05) is 41.5 Å². The molecule has 17 heavy (non-hydrogen) atoms. The minimum atomic E-state index is 0.400. The van der Waals surface area contributed by atoms with Crippen LogP contribution in [0, 0.1) is 39.4 Å². The molecule has 0 radical (unpaired) electrons. The van der Waals surface area contributed by atoms with Gasteiger partial charge in [-0.25, -0.2) is 0 Å². The fourth-order valence-corrected chi connectivity index (χ4v) is 5.49. The minimum absolute atomic E-state index is 0.400. The highest BCUT2D eigenvalue weighted by atomic mass is 14.8. The molecular formula is C16H29N. The first-order valence-corrected chi connectivity index (χ1v) is 7.18. The molecule has 3 aliphatic rings. The summed E-state index contributed by atoms with van der Waals surface area (Å²) in [6.45, 7) is 14.8. The van der Waals surface area contributed by atoms with Crippen LogP contribution in [0.3, 0.4) is 0 Å². The Balaban J connectivity index is 2.24. The second-order valence-corrected chi connectivity index (χ2v) is 7.96. The van der Waals surface area contributed by atoms with E-state index in [4.69, 9.17) is 5.41 Å². The first-order valence-electron chi connectivity index (χ1n) is 7.18. The van der Waals surface area contributed by atoms with Crippen LogP contribution in [0.1, 0.15) is 60.8 Å². The standard InChI is InChI=1S/C16H29N/c1-11-10-12-13(14(2,3)8-7-9-17)16(11,6)15(12,4)5/h9,11-13,17H,7-8,10H2,1-6H3. The van der Waals surface area contributed by atoms with Crippen LogP contribution >= 0.6 is 0 Å². The van der Waals surface area contributed by atoms with Crippen molar-refractivity contribution >= 4 is 6.21 Å². The molecule has 0 amide bonds. The molecule has 3 aliphatic carbocycles. The van der Waals surface area contributed by atoms with E-state index in [1.165, 1.54) is 12.8 Å². The van der Waals surface area contributed by atoms with Gasteiger partial charge in [0.25, 0.3) is 0 Å². The average Bonchev–Trinajstić information content (AvgIpc) is 2.60. The highest BCUT2D eigenvalue weighted by Gasteiger charge is 2.73. The Labute approximate surface area is 107 Å². The first kappa shape index (κ1) is 13.1. The van der Waals surface area contributed by atoms with Crippen molar-refractivity contribution in [2.75, 3.05) is 0 Å². The summed E-state index contributed by atoms with van der Waals surface area (Å²) in [6.07, 6.45) is 5.12. The maximum atomic E-state index is 7.26. The summed E-state index contributed by atoms with van der Waals surface area (Å²) in [4.78, 5) is 0. The Bertz CT molecular complexity index is 328.